The predicted molar refractivity (Wildman–Crippen MR) is 60.5 cm³/mol. The Morgan fingerprint density at radius 2 is 2.12 bits per heavy atom. The van der Waals surface area contributed by atoms with Crippen molar-refractivity contribution < 1.29 is 19.0 Å². The van der Waals surface area contributed by atoms with Gasteiger partial charge in [-0.25, -0.2) is 4.39 Å². The first kappa shape index (κ1) is 12.0. The Balaban J connectivity index is 2.20. The molecule has 0 aliphatic carbocycles. The Morgan fingerprint density at radius 3 is 2.76 bits per heavy atom. The molecule has 92 valence electrons. The van der Waals surface area contributed by atoms with Crippen LogP contribution >= 0.6 is 0 Å². The third-order valence-electron chi connectivity index (χ3n) is 3.10. The van der Waals surface area contributed by atoms with Gasteiger partial charge in [-0.1, -0.05) is 12.1 Å². The standard InChI is InChI=1S/C13H15FO3/c14-12-2-1-10(7-11(12)8-13(15)16)9-3-5-17-6-4-9/h1-2,7,9H,3-6,8H2,(H,15,16). The van der Waals surface area contributed by atoms with Crippen LogP contribution < -0.4 is 0 Å². The molecule has 0 bridgehead atoms. The van der Waals surface area contributed by atoms with Crippen molar-refractivity contribution in [2.24, 2.45) is 0 Å². The number of rotatable bonds is 3. The highest BCUT2D eigenvalue weighted by Crippen LogP contribution is 2.28. The summed E-state index contributed by atoms with van der Waals surface area (Å²) in [5, 5.41) is 8.71. The molecular formula is C13H15FO3. The summed E-state index contributed by atoms with van der Waals surface area (Å²) in [4.78, 5) is 10.6. The van der Waals surface area contributed by atoms with Crippen LogP contribution in [0.3, 0.4) is 0 Å². The second kappa shape index (κ2) is 5.27. The number of halogens is 1. The normalized spacial score (nSPS) is 17.0. The second-order valence-corrected chi connectivity index (χ2v) is 4.31. The predicted octanol–water partition coefficient (Wildman–Crippen LogP) is 2.35. The van der Waals surface area contributed by atoms with E-state index in [0.29, 0.717) is 5.92 Å². The molecule has 1 N–H and O–H groups in total. The lowest BCUT2D eigenvalue weighted by Crippen LogP contribution is -2.14. The molecule has 0 spiro atoms. The number of hydrogen-bond acceptors (Lipinski definition) is 2. The van der Waals surface area contributed by atoms with Gasteiger partial charge in [0.05, 0.1) is 6.42 Å². The van der Waals surface area contributed by atoms with E-state index in [4.69, 9.17) is 9.84 Å². The molecule has 0 unspecified atom stereocenters. The van der Waals surface area contributed by atoms with Crippen LogP contribution in [0.1, 0.15) is 29.9 Å². The average molecular weight is 238 g/mol. The molecule has 1 aliphatic rings. The van der Waals surface area contributed by atoms with E-state index >= 15 is 0 Å². The molecule has 1 aromatic carbocycles. The Bertz CT molecular complexity index is 411. The van der Waals surface area contributed by atoms with Crippen molar-refractivity contribution in [3.63, 3.8) is 0 Å². The summed E-state index contributed by atoms with van der Waals surface area (Å²) in [6.07, 6.45) is 1.57. The summed E-state index contributed by atoms with van der Waals surface area (Å²) in [5.74, 6) is -1.09. The zero-order valence-electron chi connectivity index (χ0n) is 9.49. The molecule has 17 heavy (non-hydrogen) atoms. The van der Waals surface area contributed by atoms with E-state index in [9.17, 15) is 9.18 Å². The van der Waals surface area contributed by atoms with Crippen molar-refractivity contribution in [2.45, 2.75) is 25.2 Å². The van der Waals surface area contributed by atoms with Crippen molar-refractivity contribution in [1.82, 2.24) is 0 Å². The van der Waals surface area contributed by atoms with Gasteiger partial charge in [0.25, 0.3) is 0 Å². The van der Waals surface area contributed by atoms with Crippen LogP contribution in [0.5, 0.6) is 0 Å². The van der Waals surface area contributed by atoms with Crippen LogP contribution in [-0.4, -0.2) is 24.3 Å². The molecule has 3 nitrogen and oxygen atoms in total. The van der Waals surface area contributed by atoms with Gasteiger partial charge >= 0.3 is 5.97 Å². The van der Waals surface area contributed by atoms with Crippen LogP contribution in [0.15, 0.2) is 18.2 Å². The Morgan fingerprint density at radius 1 is 1.41 bits per heavy atom. The van der Waals surface area contributed by atoms with E-state index in [1.807, 2.05) is 0 Å². The molecule has 4 heteroatoms. The van der Waals surface area contributed by atoms with Gasteiger partial charge in [0.2, 0.25) is 0 Å². The van der Waals surface area contributed by atoms with Crippen molar-refractivity contribution in [3.05, 3.63) is 35.1 Å². The summed E-state index contributed by atoms with van der Waals surface area (Å²) >= 11 is 0. The highest BCUT2D eigenvalue weighted by Gasteiger charge is 2.17. The van der Waals surface area contributed by atoms with Crippen molar-refractivity contribution in [3.8, 4) is 0 Å². The van der Waals surface area contributed by atoms with E-state index in [-0.39, 0.29) is 12.0 Å². The van der Waals surface area contributed by atoms with E-state index in [0.717, 1.165) is 31.6 Å². The van der Waals surface area contributed by atoms with Crippen LogP contribution in [0.2, 0.25) is 0 Å². The highest BCUT2D eigenvalue weighted by atomic mass is 19.1. The Hall–Kier alpha value is -1.42. The van der Waals surface area contributed by atoms with Gasteiger partial charge in [-0.2, -0.15) is 0 Å². The molecule has 2 rings (SSSR count). The maximum absolute atomic E-state index is 13.4. The van der Waals surface area contributed by atoms with Crippen LogP contribution in [0.25, 0.3) is 0 Å². The molecule has 0 atom stereocenters. The maximum Gasteiger partial charge on any atom is 0.307 e. The maximum atomic E-state index is 13.4. The number of hydrogen-bond donors (Lipinski definition) is 1. The quantitative estimate of drug-likeness (QED) is 0.879. The number of carbonyl (C=O) groups is 1. The van der Waals surface area contributed by atoms with Gasteiger partial charge < -0.3 is 9.84 Å². The van der Waals surface area contributed by atoms with Crippen molar-refractivity contribution in [1.29, 1.82) is 0 Å². The minimum atomic E-state index is -1.01. The highest BCUT2D eigenvalue weighted by molar-refractivity contribution is 5.70. The van der Waals surface area contributed by atoms with Crippen molar-refractivity contribution >= 4 is 5.97 Å². The second-order valence-electron chi connectivity index (χ2n) is 4.31. The van der Waals surface area contributed by atoms with Gasteiger partial charge in [-0.15, -0.1) is 0 Å². The van der Waals surface area contributed by atoms with Crippen molar-refractivity contribution in [2.75, 3.05) is 13.2 Å². The SMILES string of the molecule is O=C(O)Cc1cc(C2CCOCC2)ccc1F. The Kier molecular flexibility index (Phi) is 3.74. The monoisotopic (exact) mass is 238 g/mol. The summed E-state index contributed by atoms with van der Waals surface area (Å²) in [6.45, 7) is 1.44. The van der Waals surface area contributed by atoms with Crippen LogP contribution in [0.4, 0.5) is 4.39 Å². The smallest absolute Gasteiger partial charge is 0.307 e. The fourth-order valence-electron chi connectivity index (χ4n) is 2.18. The summed E-state index contributed by atoms with van der Waals surface area (Å²) in [7, 11) is 0. The molecule has 0 saturated carbocycles. The fraction of sp³-hybridized carbons (Fsp3) is 0.462. The van der Waals surface area contributed by atoms with E-state index in [1.165, 1.54) is 6.07 Å². The topological polar surface area (TPSA) is 46.5 Å². The molecular weight excluding hydrogens is 223 g/mol. The zero-order valence-corrected chi connectivity index (χ0v) is 9.49. The largest absolute Gasteiger partial charge is 0.481 e. The van der Waals surface area contributed by atoms with Crippen LogP contribution in [0, 0.1) is 5.82 Å². The number of ether oxygens (including phenoxy) is 1. The van der Waals surface area contributed by atoms with E-state index < -0.39 is 11.8 Å². The number of aliphatic carboxylic acids is 1. The lowest BCUT2D eigenvalue weighted by molar-refractivity contribution is -0.136. The third kappa shape index (κ3) is 3.03. The third-order valence-corrected chi connectivity index (χ3v) is 3.10. The molecule has 0 radical (unpaired) electrons. The summed E-state index contributed by atoms with van der Waals surface area (Å²) < 4.78 is 18.7. The van der Waals surface area contributed by atoms with Gasteiger partial charge in [0.15, 0.2) is 0 Å². The molecule has 1 aliphatic heterocycles. The lowest BCUT2D eigenvalue weighted by Gasteiger charge is -2.22. The first-order valence-electron chi connectivity index (χ1n) is 5.74. The van der Waals surface area contributed by atoms with Gasteiger partial charge in [-0.05, 0) is 36.0 Å². The minimum Gasteiger partial charge on any atom is -0.481 e. The molecule has 1 heterocycles. The zero-order chi connectivity index (χ0) is 12.3. The number of carboxylic acid groups (broad SMARTS) is 1. The Labute approximate surface area is 99.2 Å². The van der Waals surface area contributed by atoms with E-state index in [1.54, 1.807) is 12.1 Å². The van der Waals surface area contributed by atoms with E-state index in [2.05, 4.69) is 0 Å². The molecule has 1 saturated heterocycles. The molecule has 0 amide bonds. The van der Waals surface area contributed by atoms with Gasteiger partial charge in [0, 0.05) is 13.2 Å². The first-order chi connectivity index (χ1) is 8.16. The fourth-order valence-corrected chi connectivity index (χ4v) is 2.18. The molecule has 1 fully saturated rings. The summed E-state index contributed by atoms with van der Waals surface area (Å²) in [6, 6.07) is 4.79. The van der Waals surface area contributed by atoms with Crippen LogP contribution in [-0.2, 0) is 16.0 Å². The number of benzene rings is 1. The molecule has 1 aromatic rings. The lowest BCUT2D eigenvalue weighted by atomic mass is 9.90. The number of carboxylic acids is 1. The summed E-state index contributed by atoms with van der Waals surface area (Å²) in [5.41, 5.74) is 1.28. The van der Waals surface area contributed by atoms with Gasteiger partial charge in [0.1, 0.15) is 5.82 Å². The van der Waals surface area contributed by atoms with Gasteiger partial charge in [-0.3, -0.25) is 4.79 Å². The molecule has 0 aromatic heterocycles. The minimum absolute atomic E-state index is 0.261. The average Bonchev–Trinajstić information content (AvgIpc) is 2.32. The first-order valence-corrected chi connectivity index (χ1v) is 5.74.